The standard InChI is InChI=1S/C21H23N3O5/c1-15-11-16(2)13-17(12-15)24(9-4-7-22)19(25)14-29-20(26)6-8-23-21(27)18-5-3-10-28-18/h3,5,10-13H,4,6,8-9,14H2,1-2H3,(H,23,27). The molecule has 1 aromatic heterocycles. The number of nitrogens with zero attached hydrogens (tertiary/aromatic N) is 2. The van der Waals surface area contributed by atoms with E-state index in [0.29, 0.717) is 5.69 Å². The molecule has 0 radical (unpaired) electrons. The number of hydrogen-bond donors (Lipinski definition) is 1. The molecule has 1 N–H and O–H groups in total. The Labute approximate surface area is 169 Å². The van der Waals surface area contributed by atoms with Crippen LogP contribution in [0.4, 0.5) is 5.69 Å². The molecule has 2 amide bonds. The third kappa shape index (κ3) is 6.81. The maximum Gasteiger partial charge on any atom is 0.308 e. The summed E-state index contributed by atoms with van der Waals surface area (Å²) in [5.41, 5.74) is 2.63. The lowest BCUT2D eigenvalue weighted by Crippen LogP contribution is -2.36. The van der Waals surface area contributed by atoms with Crippen LogP contribution < -0.4 is 10.2 Å². The summed E-state index contributed by atoms with van der Waals surface area (Å²) in [5.74, 6) is -1.32. The van der Waals surface area contributed by atoms with Crippen LogP contribution in [0.1, 0.15) is 34.5 Å². The highest BCUT2D eigenvalue weighted by atomic mass is 16.5. The van der Waals surface area contributed by atoms with Gasteiger partial charge in [-0.25, -0.2) is 0 Å². The number of benzene rings is 1. The van der Waals surface area contributed by atoms with Crippen LogP contribution in [0.5, 0.6) is 0 Å². The maximum atomic E-state index is 12.6. The molecule has 0 saturated carbocycles. The monoisotopic (exact) mass is 397 g/mol. The first-order valence-electron chi connectivity index (χ1n) is 9.13. The molecule has 29 heavy (non-hydrogen) atoms. The maximum absolute atomic E-state index is 12.6. The number of esters is 1. The van der Waals surface area contributed by atoms with Gasteiger partial charge in [0, 0.05) is 18.8 Å². The second-order valence-corrected chi connectivity index (χ2v) is 6.44. The molecule has 1 aromatic carbocycles. The van der Waals surface area contributed by atoms with Gasteiger partial charge in [0.25, 0.3) is 11.8 Å². The van der Waals surface area contributed by atoms with E-state index in [9.17, 15) is 14.4 Å². The number of nitrogens with one attached hydrogen (secondary N) is 1. The predicted octanol–water partition coefficient (Wildman–Crippen LogP) is 2.51. The minimum absolute atomic E-state index is 0.0573. The van der Waals surface area contributed by atoms with Gasteiger partial charge in [0.15, 0.2) is 12.4 Å². The Morgan fingerprint density at radius 1 is 1.21 bits per heavy atom. The molecule has 8 nitrogen and oxygen atoms in total. The lowest BCUT2D eigenvalue weighted by atomic mass is 10.1. The number of ether oxygens (including phenoxy) is 1. The number of furan rings is 1. The molecule has 0 atom stereocenters. The number of carbonyl (C=O) groups is 3. The summed E-state index contributed by atoms with van der Waals surface area (Å²) < 4.78 is 9.98. The Kier molecular flexibility index (Phi) is 7.98. The van der Waals surface area contributed by atoms with Crippen LogP contribution in [0.15, 0.2) is 41.0 Å². The van der Waals surface area contributed by atoms with Gasteiger partial charge < -0.3 is 19.4 Å². The Balaban J connectivity index is 1.86. The van der Waals surface area contributed by atoms with Gasteiger partial charge in [0.2, 0.25) is 0 Å². The minimum Gasteiger partial charge on any atom is -0.459 e. The second kappa shape index (κ2) is 10.7. The van der Waals surface area contributed by atoms with Gasteiger partial charge in [-0.15, -0.1) is 0 Å². The highest BCUT2D eigenvalue weighted by molar-refractivity contribution is 5.95. The van der Waals surface area contributed by atoms with Crippen LogP contribution in [0.3, 0.4) is 0 Å². The van der Waals surface area contributed by atoms with E-state index in [1.807, 2.05) is 38.1 Å². The summed E-state index contributed by atoms with van der Waals surface area (Å²) in [4.78, 5) is 37.6. The molecule has 1 heterocycles. The average molecular weight is 397 g/mol. The van der Waals surface area contributed by atoms with Crippen molar-refractivity contribution in [2.45, 2.75) is 26.7 Å². The van der Waals surface area contributed by atoms with E-state index in [1.165, 1.54) is 17.2 Å². The average Bonchev–Trinajstić information content (AvgIpc) is 3.21. The molecule has 0 unspecified atom stereocenters. The third-order valence-corrected chi connectivity index (χ3v) is 3.98. The second-order valence-electron chi connectivity index (χ2n) is 6.44. The number of nitriles is 1. The molecule has 0 aliphatic heterocycles. The van der Waals surface area contributed by atoms with E-state index in [-0.39, 0.29) is 31.7 Å². The van der Waals surface area contributed by atoms with Crippen LogP contribution in [-0.4, -0.2) is 37.5 Å². The van der Waals surface area contributed by atoms with E-state index in [2.05, 4.69) is 5.32 Å². The van der Waals surface area contributed by atoms with Crippen molar-refractivity contribution < 1.29 is 23.5 Å². The lowest BCUT2D eigenvalue weighted by Gasteiger charge is -2.22. The van der Waals surface area contributed by atoms with Crippen molar-refractivity contribution in [3.8, 4) is 6.07 Å². The molecule has 0 aliphatic carbocycles. The van der Waals surface area contributed by atoms with Crippen molar-refractivity contribution in [3.05, 3.63) is 53.5 Å². The fourth-order valence-electron chi connectivity index (χ4n) is 2.73. The van der Waals surface area contributed by atoms with Crippen molar-refractivity contribution in [3.63, 3.8) is 0 Å². The quantitative estimate of drug-likeness (QED) is 0.651. The van der Waals surface area contributed by atoms with E-state index in [0.717, 1.165) is 11.1 Å². The Morgan fingerprint density at radius 2 is 1.93 bits per heavy atom. The fourth-order valence-corrected chi connectivity index (χ4v) is 2.73. The Morgan fingerprint density at radius 3 is 2.55 bits per heavy atom. The summed E-state index contributed by atoms with van der Waals surface area (Å²) >= 11 is 0. The summed E-state index contributed by atoms with van der Waals surface area (Å²) in [6.45, 7) is 3.65. The van der Waals surface area contributed by atoms with Crippen molar-refractivity contribution >= 4 is 23.5 Å². The summed E-state index contributed by atoms with van der Waals surface area (Å²) in [6, 6.07) is 10.8. The first-order valence-corrected chi connectivity index (χ1v) is 9.13. The number of rotatable bonds is 9. The van der Waals surface area contributed by atoms with Crippen molar-refractivity contribution in [2.75, 3.05) is 24.6 Å². The first kappa shape index (κ1) is 21.7. The smallest absolute Gasteiger partial charge is 0.308 e. The van der Waals surface area contributed by atoms with Crippen LogP contribution in [0, 0.1) is 25.2 Å². The lowest BCUT2D eigenvalue weighted by molar-refractivity contribution is -0.147. The number of hydrogen-bond acceptors (Lipinski definition) is 6. The fraction of sp³-hybridized carbons (Fsp3) is 0.333. The summed E-state index contributed by atoms with van der Waals surface area (Å²) in [7, 11) is 0. The topological polar surface area (TPSA) is 113 Å². The molecule has 0 bridgehead atoms. The molecule has 0 fully saturated rings. The van der Waals surface area contributed by atoms with Gasteiger partial charge in [0.1, 0.15) is 0 Å². The zero-order valence-electron chi connectivity index (χ0n) is 16.4. The number of aryl methyl sites for hydroxylation is 2. The number of carbonyl (C=O) groups excluding carboxylic acids is 3. The highest BCUT2D eigenvalue weighted by Gasteiger charge is 2.18. The van der Waals surface area contributed by atoms with Gasteiger partial charge in [-0.3, -0.25) is 14.4 Å². The SMILES string of the molecule is Cc1cc(C)cc(N(CCC#N)C(=O)COC(=O)CCNC(=O)c2ccco2)c1. The Bertz CT molecular complexity index is 879. The van der Waals surface area contributed by atoms with Crippen LogP contribution >= 0.6 is 0 Å². The number of amides is 2. The largest absolute Gasteiger partial charge is 0.459 e. The van der Waals surface area contributed by atoms with E-state index < -0.39 is 24.4 Å². The number of anilines is 1. The van der Waals surface area contributed by atoms with Crippen molar-refractivity contribution in [1.82, 2.24) is 5.32 Å². The highest BCUT2D eigenvalue weighted by Crippen LogP contribution is 2.19. The first-order chi connectivity index (χ1) is 13.9. The van der Waals surface area contributed by atoms with Crippen LogP contribution in [0.25, 0.3) is 0 Å². The Hall–Kier alpha value is -3.60. The predicted molar refractivity (Wildman–Crippen MR) is 105 cm³/mol. The molecular formula is C21H23N3O5. The summed E-state index contributed by atoms with van der Waals surface area (Å²) in [5, 5.41) is 11.4. The van der Waals surface area contributed by atoms with E-state index in [1.54, 1.807) is 6.07 Å². The normalized spacial score (nSPS) is 10.1. The molecule has 0 spiro atoms. The van der Waals surface area contributed by atoms with Crippen molar-refractivity contribution in [1.29, 1.82) is 5.26 Å². The molecule has 2 aromatic rings. The third-order valence-electron chi connectivity index (χ3n) is 3.98. The summed E-state index contributed by atoms with van der Waals surface area (Å²) in [6.07, 6.45) is 1.45. The zero-order valence-corrected chi connectivity index (χ0v) is 16.4. The molecule has 0 saturated heterocycles. The molecular weight excluding hydrogens is 374 g/mol. The zero-order chi connectivity index (χ0) is 21.2. The molecule has 8 heteroatoms. The van der Waals surface area contributed by atoms with Crippen LogP contribution in [0.2, 0.25) is 0 Å². The molecule has 152 valence electrons. The van der Waals surface area contributed by atoms with E-state index in [4.69, 9.17) is 14.4 Å². The van der Waals surface area contributed by atoms with Gasteiger partial charge in [0.05, 0.1) is 25.2 Å². The molecule has 2 rings (SSSR count). The van der Waals surface area contributed by atoms with Gasteiger partial charge in [-0.1, -0.05) is 6.07 Å². The molecule has 0 aliphatic rings. The van der Waals surface area contributed by atoms with Gasteiger partial charge >= 0.3 is 5.97 Å². The van der Waals surface area contributed by atoms with E-state index >= 15 is 0 Å². The van der Waals surface area contributed by atoms with Crippen molar-refractivity contribution in [2.24, 2.45) is 0 Å². The minimum atomic E-state index is -0.612. The van der Waals surface area contributed by atoms with Crippen LogP contribution in [-0.2, 0) is 14.3 Å². The van der Waals surface area contributed by atoms with Gasteiger partial charge in [-0.2, -0.15) is 5.26 Å². The van der Waals surface area contributed by atoms with Gasteiger partial charge in [-0.05, 0) is 49.2 Å².